The Morgan fingerprint density at radius 1 is 1.33 bits per heavy atom. The second-order valence-corrected chi connectivity index (χ2v) is 5.93. The van der Waals surface area contributed by atoms with Gasteiger partial charge in [0.25, 0.3) is 0 Å². The van der Waals surface area contributed by atoms with E-state index in [4.69, 9.17) is 0 Å². The fraction of sp³-hybridized carbons (Fsp3) is 0.353. The van der Waals surface area contributed by atoms with Crippen LogP contribution in [0.3, 0.4) is 0 Å². The fourth-order valence-corrected chi connectivity index (χ4v) is 3.22. The van der Waals surface area contributed by atoms with Gasteiger partial charge in [-0.25, -0.2) is 4.68 Å². The van der Waals surface area contributed by atoms with Crippen LogP contribution in [0.4, 0.5) is 13.2 Å². The van der Waals surface area contributed by atoms with E-state index in [2.05, 4.69) is 11.7 Å². The molecule has 1 aliphatic rings. The van der Waals surface area contributed by atoms with Gasteiger partial charge in [-0.2, -0.15) is 18.3 Å². The Hall–Kier alpha value is -2.12. The number of likely N-dealkylation sites (tertiary alicyclic amines) is 1. The standard InChI is InChI=1S/C17H18F3N3O/c1-2-23-10-12(8-21-23)9-22-11-13(24)7-16(22)14-5-3-4-6-15(14)17(18,19)20/h2-6,8,10,13,16,24H,1,7,9,11H2/t13-,16+/m1/s1. The number of β-amino-alcohol motifs (C(OH)–C–C–N with tert-alkyl or cyclic N) is 1. The number of aliphatic hydroxyl groups excluding tert-OH is 1. The van der Waals surface area contributed by atoms with Crippen molar-refractivity contribution in [2.75, 3.05) is 6.54 Å². The largest absolute Gasteiger partial charge is 0.416 e. The number of rotatable bonds is 4. The molecule has 0 radical (unpaired) electrons. The Bertz CT molecular complexity index is 726. The smallest absolute Gasteiger partial charge is 0.392 e. The molecular formula is C17H18F3N3O. The van der Waals surface area contributed by atoms with Crippen molar-refractivity contribution in [1.82, 2.24) is 14.7 Å². The van der Waals surface area contributed by atoms with Crippen molar-refractivity contribution in [3.05, 3.63) is 59.9 Å². The topological polar surface area (TPSA) is 41.3 Å². The van der Waals surface area contributed by atoms with Crippen LogP contribution in [0.5, 0.6) is 0 Å². The predicted octanol–water partition coefficient (Wildman–Crippen LogP) is 3.31. The minimum absolute atomic E-state index is 0.206. The average molecular weight is 337 g/mol. The van der Waals surface area contributed by atoms with Crippen molar-refractivity contribution in [3.63, 3.8) is 0 Å². The van der Waals surface area contributed by atoms with Crippen molar-refractivity contribution in [2.45, 2.75) is 31.3 Å². The zero-order chi connectivity index (χ0) is 17.3. The van der Waals surface area contributed by atoms with Crippen LogP contribution in [0.1, 0.15) is 29.2 Å². The second-order valence-electron chi connectivity index (χ2n) is 5.93. The van der Waals surface area contributed by atoms with E-state index in [-0.39, 0.29) is 12.0 Å². The Balaban J connectivity index is 1.90. The summed E-state index contributed by atoms with van der Waals surface area (Å²) in [6.45, 7) is 4.36. The van der Waals surface area contributed by atoms with E-state index in [0.29, 0.717) is 13.1 Å². The van der Waals surface area contributed by atoms with Gasteiger partial charge >= 0.3 is 6.18 Å². The normalized spacial score (nSPS) is 22.0. The summed E-state index contributed by atoms with van der Waals surface area (Å²) < 4.78 is 41.4. The summed E-state index contributed by atoms with van der Waals surface area (Å²) in [5, 5.41) is 14.1. The third-order valence-corrected chi connectivity index (χ3v) is 4.23. The third-order valence-electron chi connectivity index (χ3n) is 4.23. The Labute approximate surface area is 137 Å². The van der Waals surface area contributed by atoms with Crippen molar-refractivity contribution in [3.8, 4) is 0 Å². The monoisotopic (exact) mass is 337 g/mol. The van der Waals surface area contributed by atoms with E-state index in [1.807, 2.05) is 4.90 Å². The summed E-state index contributed by atoms with van der Waals surface area (Å²) >= 11 is 0. The molecule has 7 heteroatoms. The first kappa shape index (κ1) is 16.7. The second kappa shape index (κ2) is 6.41. The van der Waals surface area contributed by atoms with E-state index < -0.39 is 23.9 Å². The molecule has 2 atom stereocenters. The Kier molecular flexibility index (Phi) is 4.47. The molecule has 1 aromatic heterocycles. The third kappa shape index (κ3) is 3.37. The molecule has 2 aromatic rings. The van der Waals surface area contributed by atoms with Gasteiger partial charge in [0.1, 0.15) is 0 Å². The lowest BCUT2D eigenvalue weighted by atomic mass is 9.97. The first-order valence-electron chi connectivity index (χ1n) is 7.62. The molecule has 0 amide bonds. The van der Waals surface area contributed by atoms with Crippen LogP contribution in [0, 0.1) is 0 Å². The van der Waals surface area contributed by atoms with Crippen molar-refractivity contribution < 1.29 is 18.3 Å². The molecule has 0 unspecified atom stereocenters. The average Bonchev–Trinajstić information content (AvgIpc) is 3.13. The minimum Gasteiger partial charge on any atom is -0.392 e. The summed E-state index contributed by atoms with van der Waals surface area (Å²) in [7, 11) is 0. The first-order chi connectivity index (χ1) is 11.4. The SMILES string of the molecule is C=Cn1cc(CN2C[C@H](O)C[C@H]2c2ccccc2C(F)(F)F)cn1. The number of nitrogens with zero attached hydrogens (tertiary/aromatic N) is 3. The van der Waals surface area contributed by atoms with Gasteiger partial charge in [0.2, 0.25) is 0 Å². The number of alkyl halides is 3. The number of benzene rings is 1. The van der Waals surface area contributed by atoms with Crippen LogP contribution >= 0.6 is 0 Å². The van der Waals surface area contributed by atoms with Gasteiger partial charge in [-0.3, -0.25) is 4.90 Å². The number of halogens is 3. The lowest BCUT2D eigenvalue weighted by molar-refractivity contribution is -0.138. The molecule has 4 nitrogen and oxygen atoms in total. The van der Waals surface area contributed by atoms with E-state index >= 15 is 0 Å². The van der Waals surface area contributed by atoms with Crippen molar-refractivity contribution in [2.24, 2.45) is 0 Å². The van der Waals surface area contributed by atoms with Gasteiger partial charge in [-0.05, 0) is 18.1 Å². The quantitative estimate of drug-likeness (QED) is 0.931. The van der Waals surface area contributed by atoms with E-state index in [9.17, 15) is 18.3 Å². The summed E-state index contributed by atoms with van der Waals surface area (Å²) in [6, 6.07) is 5.09. The number of aliphatic hydroxyl groups is 1. The van der Waals surface area contributed by atoms with Gasteiger partial charge < -0.3 is 5.11 Å². The molecule has 0 spiro atoms. The number of hydrogen-bond donors (Lipinski definition) is 1. The maximum atomic E-state index is 13.3. The first-order valence-corrected chi connectivity index (χ1v) is 7.62. The lowest BCUT2D eigenvalue weighted by Crippen LogP contribution is -2.25. The molecule has 1 fully saturated rings. The highest BCUT2D eigenvalue weighted by atomic mass is 19.4. The van der Waals surface area contributed by atoms with Crippen LogP contribution in [0.2, 0.25) is 0 Å². The summed E-state index contributed by atoms with van der Waals surface area (Å²) in [5.41, 5.74) is 0.423. The molecule has 1 saturated heterocycles. The molecule has 0 saturated carbocycles. The van der Waals surface area contributed by atoms with Gasteiger partial charge in [0.15, 0.2) is 0 Å². The molecule has 0 bridgehead atoms. The molecule has 0 aliphatic carbocycles. The molecule has 1 aliphatic heterocycles. The van der Waals surface area contributed by atoms with Crippen LogP contribution in [0.25, 0.3) is 6.20 Å². The van der Waals surface area contributed by atoms with Crippen LogP contribution in [-0.4, -0.2) is 32.4 Å². The molecule has 24 heavy (non-hydrogen) atoms. The highest BCUT2D eigenvalue weighted by Gasteiger charge is 2.39. The molecule has 3 rings (SSSR count). The van der Waals surface area contributed by atoms with Crippen LogP contribution < -0.4 is 0 Å². The maximum Gasteiger partial charge on any atom is 0.416 e. The fourth-order valence-electron chi connectivity index (χ4n) is 3.22. The predicted molar refractivity (Wildman–Crippen MR) is 83.8 cm³/mol. The highest BCUT2D eigenvalue weighted by molar-refractivity contribution is 5.33. The Morgan fingerprint density at radius 2 is 2.08 bits per heavy atom. The zero-order valence-electron chi connectivity index (χ0n) is 12.9. The lowest BCUT2D eigenvalue weighted by Gasteiger charge is -2.26. The summed E-state index contributed by atoms with van der Waals surface area (Å²) in [5.74, 6) is 0. The van der Waals surface area contributed by atoms with Gasteiger partial charge in [-0.1, -0.05) is 24.8 Å². The highest BCUT2D eigenvalue weighted by Crippen LogP contribution is 2.40. The molecule has 128 valence electrons. The molecule has 2 heterocycles. The van der Waals surface area contributed by atoms with Gasteiger partial charge in [0.05, 0.1) is 17.9 Å². The summed E-state index contributed by atoms with van der Waals surface area (Å²) in [4.78, 5) is 1.86. The number of hydrogen-bond acceptors (Lipinski definition) is 3. The van der Waals surface area contributed by atoms with E-state index in [1.54, 1.807) is 29.3 Å². The Morgan fingerprint density at radius 3 is 2.75 bits per heavy atom. The number of aromatic nitrogens is 2. The molecule has 1 aromatic carbocycles. The van der Waals surface area contributed by atoms with Gasteiger partial charge in [0, 0.05) is 37.1 Å². The molecular weight excluding hydrogens is 319 g/mol. The van der Waals surface area contributed by atoms with Crippen molar-refractivity contribution >= 4 is 6.20 Å². The van der Waals surface area contributed by atoms with E-state index in [0.717, 1.165) is 11.6 Å². The van der Waals surface area contributed by atoms with Crippen molar-refractivity contribution in [1.29, 1.82) is 0 Å². The van der Waals surface area contributed by atoms with Gasteiger partial charge in [-0.15, -0.1) is 0 Å². The van der Waals surface area contributed by atoms with E-state index in [1.165, 1.54) is 12.1 Å². The zero-order valence-corrected chi connectivity index (χ0v) is 12.9. The minimum atomic E-state index is -4.41. The molecule has 1 N–H and O–H groups in total. The maximum absolute atomic E-state index is 13.3. The van der Waals surface area contributed by atoms with Crippen LogP contribution in [-0.2, 0) is 12.7 Å². The summed E-state index contributed by atoms with van der Waals surface area (Å²) in [6.07, 6.45) is 0.180. The van der Waals surface area contributed by atoms with Crippen LogP contribution in [0.15, 0.2) is 43.2 Å².